The summed E-state index contributed by atoms with van der Waals surface area (Å²) in [7, 11) is 0. The first-order chi connectivity index (χ1) is 15.3. The summed E-state index contributed by atoms with van der Waals surface area (Å²) < 4.78 is 66.5. The van der Waals surface area contributed by atoms with E-state index in [1.165, 1.54) is 18.5 Å². The molecule has 4 nitrogen and oxygen atoms in total. The highest BCUT2D eigenvalue weighted by Gasteiger charge is 2.34. The Balaban J connectivity index is 1.44. The molecular weight excluding hydrogens is 427 g/mol. The molecule has 174 valence electrons. The van der Waals surface area contributed by atoms with E-state index in [1.807, 2.05) is 0 Å². The number of halogens is 5. The van der Waals surface area contributed by atoms with E-state index < -0.39 is 17.6 Å². The SMILES string of the molecule is FCC1CCC(CNc2ncnc(N(Cc3ccc(C(F)(F)F)cc3)C3CC3)c2F)CC1. The zero-order valence-corrected chi connectivity index (χ0v) is 17.7. The minimum absolute atomic E-state index is 0.102. The fourth-order valence-corrected chi connectivity index (χ4v) is 4.27. The van der Waals surface area contributed by atoms with Crippen LogP contribution in [0.2, 0.25) is 0 Å². The summed E-state index contributed by atoms with van der Waals surface area (Å²) in [5, 5.41) is 3.09. The molecule has 0 atom stereocenters. The van der Waals surface area contributed by atoms with E-state index in [-0.39, 0.29) is 36.8 Å². The molecule has 32 heavy (non-hydrogen) atoms. The molecule has 0 unspecified atom stereocenters. The van der Waals surface area contributed by atoms with Crippen LogP contribution in [0.25, 0.3) is 0 Å². The van der Waals surface area contributed by atoms with E-state index in [9.17, 15) is 17.6 Å². The molecule has 0 amide bonds. The fraction of sp³-hybridized carbons (Fsp3) is 0.565. The van der Waals surface area contributed by atoms with Crippen molar-refractivity contribution >= 4 is 11.6 Å². The molecule has 0 saturated heterocycles. The number of alkyl halides is 4. The standard InChI is InChI=1S/C23H27F5N4/c24-11-15-1-3-16(4-2-15)12-29-21-20(25)22(31-14-30-21)32(19-9-10-19)13-17-5-7-18(8-6-17)23(26,27)28/h5-8,14-16,19H,1-4,9-13H2,(H,29,30,31). The van der Waals surface area contributed by atoms with Crippen LogP contribution >= 0.6 is 0 Å². The lowest BCUT2D eigenvalue weighted by molar-refractivity contribution is -0.137. The van der Waals surface area contributed by atoms with E-state index in [2.05, 4.69) is 15.3 Å². The van der Waals surface area contributed by atoms with Gasteiger partial charge in [0.2, 0.25) is 5.82 Å². The van der Waals surface area contributed by atoms with Crippen LogP contribution in [0.5, 0.6) is 0 Å². The highest BCUT2D eigenvalue weighted by molar-refractivity contribution is 5.52. The first-order valence-corrected chi connectivity index (χ1v) is 11.1. The average Bonchev–Trinajstić information content (AvgIpc) is 3.62. The van der Waals surface area contributed by atoms with Crippen LogP contribution in [0.4, 0.5) is 33.6 Å². The van der Waals surface area contributed by atoms with Crippen LogP contribution in [0.3, 0.4) is 0 Å². The normalized spacial score (nSPS) is 21.4. The lowest BCUT2D eigenvalue weighted by Gasteiger charge is -2.27. The lowest BCUT2D eigenvalue weighted by atomic mass is 9.82. The van der Waals surface area contributed by atoms with Crippen LogP contribution in [-0.4, -0.2) is 29.2 Å². The van der Waals surface area contributed by atoms with Crippen molar-refractivity contribution < 1.29 is 22.0 Å². The van der Waals surface area contributed by atoms with Crippen LogP contribution < -0.4 is 10.2 Å². The highest BCUT2D eigenvalue weighted by atomic mass is 19.4. The van der Waals surface area contributed by atoms with E-state index >= 15 is 4.39 Å². The molecule has 0 aliphatic heterocycles. The Morgan fingerprint density at radius 2 is 1.59 bits per heavy atom. The summed E-state index contributed by atoms with van der Waals surface area (Å²) in [4.78, 5) is 10.0. The van der Waals surface area contributed by atoms with Gasteiger partial charge in [-0.15, -0.1) is 0 Å². The molecule has 2 saturated carbocycles. The molecule has 1 aromatic heterocycles. The molecule has 0 radical (unpaired) electrons. The van der Waals surface area contributed by atoms with Gasteiger partial charge < -0.3 is 10.2 Å². The van der Waals surface area contributed by atoms with Crippen LogP contribution in [0.15, 0.2) is 30.6 Å². The predicted octanol–water partition coefficient (Wildman–Crippen LogP) is 5.99. The second kappa shape index (κ2) is 9.58. The quantitative estimate of drug-likeness (QED) is 0.498. The summed E-state index contributed by atoms with van der Waals surface area (Å²) in [6, 6.07) is 5.03. The predicted molar refractivity (Wildman–Crippen MR) is 113 cm³/mol. The zero-order valence-electron chi connectivity index (χ0n) is 17.7. The Bertz CT molecular complexity index is 890. The zero-order chi connectivity index (χ0) is 22.7. The summed E-state index contributed by atoms with van der Waals surface area (Å²) in [5.74, 6) is 0.226. The molecule has 0 spiro atoms. The van der Waals surface area contributed by atoms with Crippen molar-refractivity contribution in [3.63, 3.8) is 0 Å². The molecule has 2 aromatic rings. The van der Waals surface area contributed by atoms with Gasteiger partial charge in [-0.25, -0.2) is 9.97 Å². The number of nitrogens with one attached hydrogen (secondary N) is 1. The maximum Gasteiger partial charge on any atom is 0.416 e. The minimum Gasteiger partial charge on any atom is -0.367 e. The minimum atomic E-state index is -4.39. The number of anilines is 2. The van der Waals surface area contributed by atoms with Gasteiger partial charge in [0, 0.05) is 19.1 Å². The number of hydrogen-bond donors (Lipinski definition) is 1. The van der Waals surface area contributed by atoms with Gasteiger partial charge in [0.1, 0.15) is 6.33 Å². The topological polar surface area (TPSA) is 41.1 Å². The summed E-state index contributed by atoms with van der Waals surface area (Å²) in [5.41, 5.74) is -0.0542. The molecule has 2 fully saturated rings. The van der Waals surface area contributed by atoms with Crippen LogP contribution in [0.1, 0.15) is 49.7 Å². The Morgan fingerprint density at radius 1 is 0.938 bits per heavy atom. The smallest absolute Gasteiger partial charge is 0.367 e. The molecule has 9 heteroatoms. The third-order valence-electron chi connectivity index (χ3n) is 6.41. The van der Waals surface area contributed by atoms with Gasteiger partial charge in [-0.1, -0.05) is 12.1 Å². The van der Waals surface area contributed by atoms with Gasteiger partial charge in [-0.05, 0) is 68.1 Å². The van der Waals surface area contributed by atoms with Crippen molar-refractivity contribution in [2.45, 2.75) is 57.3 Å². The summed E-state index contributed by atoms with van der Waals surface area (Å²) in [6.45, 7) is 0.554. The van der Waals surface area contributed by atoms with Gasteiger partial charge in [0.05, 0.1) is 12.2 Å². The third-order valence-corrected chi connectivity index (χ3v) is 6.41. The van der Waals surface area contributed by atoms with E-state index in [0.717, 1.165) is 50.7 Å². The Hall–Kier alpha value is -2.45. The second-order valence-electron chi connectivity index (χ2n) is 8.84. The maximum atomic E-state index is 15.3. The molecule has 1 aromatic carbocycles. The largest absolute Gasteiger partial charge is 0.416 e. The van der Waals surface area contributed by atoms with Crippen molar-refractivity contribution in [3.8, 4) is 0 Å². The van der Waals surface area contributed by atoms with Gasteiger partial charge in [0.25, 0.3) is 0 Å². The monoisotopic (exact) mass is 454 g/mol. The third kappa shape index (κ3) is 5.48. The van der Waals surface area contributed by atoms with Crippen LogP contribution in [0, 0.1) is 17.7 Å². The van der Waals surface area contributed by atoms with Crippen molar-refractivity contribution in [2.24, 2.45) is 11.8 Å². The molecule has 1 N–H and O–H groups in total. The molecule has 1 heterocycles. The number of hydrogen-bond acceptors (Lipinski definition) is 4. The molecular formula is C23H27F5N4. The van der Waals surface area contributed by atoms with Crippen molar-refractivity contribution in [1.29, 1.82) is 0 Å². The summed E-state index contributed by atoms with van der Waals surface area (Å²) >= 11 is 0. The second-order valence-corrected chi connectivity index (χ2v) is 8.84. The number of rotatable bonds is 8. The maximum absolute atomic E-state index is 15.3. The fourth-order valence-electron chi connectivity index (χ4n) is 4.27. The molecule has 2 aliphatic rings. The number of aromatic nitrogens is 2. The van der Waals surface area contributed by atoms with E-state index in [1.54, 1.807) is 4.90 Å². The number of benzene rings is 1. The van der Waals surface area contributed by atoms with Crippen molar-refractivity contribution in [3.05, 3.63) is 47.5 Å². The summed E-state index contributed by atoms with van der Waals surface area (Å²) in [6.07, 6.45) is 2.19. The Kier molecular flexibility index (Phi) is 6.81. The van der Waals surface area contributed by atoms with Gasteiger partial charge >= 0.3 is 6.18 Å². The number of nitrogens with zero attached hydrogens (tertiary/aromatic N) is 3. The van der Waals surface area contributed by atoms with E-state index in [0.29, 0.717) is 18.0 Å². The molecule has 4 rings (SSSR count). The Labute approximate surface area is 184 Å². The molecule has 2 aliphatic carbocycles. The Morgan fingerprint density at radius 3 is 2.19 bits per heavy atom. The van der Waals surface area contributed by atoms with Crippen LogP contribution in [-0.2, 0) is 12.7 Å². The first-order valence-electron chi connectivity index (χ1n) is 11.1. The lowest BCUT2D eigenvalue weighted by Crippen LogP contribution is -2.28. The van der Waals surface area contributed by atoms with Crippen molar-refractivity contribution in [2.75, 3.05) is 23.4 Å². The highest BCUT2D eigenvalue weighted by Crippen LogP contribution is 2.36. The van der Waals surface area contributed by atoms with Gasteiger partial charge in [0.15, 0.2) is 11.6 Å². The van der Waals surface area contributed by atoms with Gasteiger partial charge in [-0.3, -0.25) is 4.39 Å². The van der Waals surface area contributed by atoms with Crippen molar-refractivity contribution in [1.82, 2.24) is 9.97 Å². The van der Waals surface area contributed by atoms with E-state index in [4.69, 9.17) is 0 Å². The average molecular weight is 454 g/mol. The van der Waals surface area contributed by atoms with Gasteiger partial charge in [-0.2, -0.15) is 17.6 Å². The molecule has 0 bridgehead atoms. The first kappa shape index (κ1) is 22.7.